The standard InChI is InChI=1S/C9H7FN2O2/c10-6-1-2-11-8(3-6)12-5-7(13)4-9(12)14/h1-3H,4-5H2. The number of pyridine rings is 1. The van der Waals surface area contributed by atoms with Gasteiger partial charge in [-0.3, -0.25) is 14.5 Å². The van der Waals surface area contributed by atoms with Crippen LogP contribution in [-0.4, -0.2) is 23.2 Å². The quantitative estimate of drug-likeness (QED) is 0.612. The molecule has 1 amide bonds. The molecule has 2 heterocycles. The van der Waals surface area contributed by atoms with Crippen LogP contribution in [0.25, 0.3) is 0 Å². The molecule has 0 aliphatic carbocycles. The van der Waals surface area contributed by atoms with Crippen LogP contribution in [0, 0.1) is 5.82 Å². The van der Waals surface area contributed by atoms with Gasteiger partial charge in [0.1, 0.15) is 11.6 Å². The first-order valence-electron chi connectivity index (χ1n) is 4.10. The molecule has 0 N–H and O–H groups in total. The molecule has 0 bridgehead atoms. The highest BCUT2D eigenvalue weighted by atomic mass is 19.1. The van der Waals surface area contributed by atoms with Crippen molar-refractivity contribution in [2.24, 2.45) is 0 Å². The fourth-order valence-electron chi connectivity index (χ4n) is 1.33. The van der Waals surface area contributed by atoms with Crippen molar-refractivity contribution in [2.75, 3.05) is 11.4 Å². The molecule has 0 spiro atoms. The van der Waals surface area contributed by atoms with Gasteiger partial charge in [-0.2, -0.15) is 0 Å². The maximum absolute atomic E-state index is 12.8. The van der Waals surface area contributed by atoms with E-state index in [0.29, 0.717) is 0 Å². The predicted molar refractivity (Wildman–Crippen MR) is 46.2 cm³/mol. The fourth-order valence-corrected chi connectivity index (χ4v) is 1.33. The summed E-state index contributed by atoms with van der Waals surface area (Å²) in [4.78, 5) is 27.2. The minimum Gasteiger partial charge on any atom is -0.297 e. The van der Waals surface area contributed by atoms with E-state index in [1.807, 2.05) is 0 Å². The second kappa shape index (κ2) is 3.17. The zero-order chi connectivity index (χ0) is 10.1. The number of Topliss-reactive ketones (excluding diaryl/α,β-unsaturated/α-hetero) is 1. The molecule has 1 saturated heterocycles. The van der Waals surface area contributed by atoms with E-state index in [4.69, 9.17) is 0 Å². The number of nitrogens with zero attached hydrogens (tertiary/aromatic N) is 2. The zero-order valence-electron chi connectivity index (χ0n) is 7.24. The van der Waals surface area contributed by atoms with Gasteiger partial charge in [0.05, 0.1) is 13.0 Å². The Morgan fingerprint density at radius 3 is 2.79 bits per heavy atom. The number of halogens is 1. The Bertz CT molecular complexity index is 406. The fraction of sp³-hybridized carbons (Fsp3) is 0.222. The molecule has 1 aliphatic rings. The second-order valence-electron chi connectivity index (χ2n) is 3.03. The maximum Gasteiger partial charge on any atom is 0.236 e. The summed E-state index contributed by atoms with van der Waals surface area (Å²) in [6, 6.07) is 2.32. The Balaban J connectivity index is 2.31. The van der Waals surface area contributed by atoms with E-state index in [9.17, 15) is 14.0 Å². The van der Waals surface area contributed by atoms with Gasteiger partial charge in [-0.25, -0.2) is 9.37 Å². The summed E-state index contributed by atoms with van der Waals surface area (Å²) in [6.07, 6.45) is 1.15. The zero-order valence-corrected chi connectivity index (χ0v) is 7.24. The number of carbonyl (C=O) groups excluding carboxylic acids is 2. The van der Waals surface area contributed by atoms with E-state index in [1.165, 1.54) is 17.2 Å². The number of rotatable bonds is 1. The lowest BCUT2D eigenvalue weighted by molar-refractivity contribution is -0.121. The van der Waals surface area contributed by atoms with Crippen LogP contribution >= 0.6 is 0 Å². The van der Waals surface area contributed by atoms with Gasteiger partial charge in [-0.1, -0.05) is 0 Å². The van der Waals surface area contributed by atoms with E-state index in [-0.39, 0.29) is 30.5 Å². The summed E-state index contributed by atoms with van der Waals surface area (Å²) in [5.74, 6) is -0.767. The average Bonchev–Trinajstić information content (AvgIpc) is 2.45. The number of hydrogen-bond donors (Lipinski definition) is 0. The molecular weight excluding hydrogens is 187 g/mol. The van der Waals surface area contributed by atoms with Crippen LogP contribution in [0.4, 0.5) is 10.2 Å². The highest BCUT2D eigenvalue weighted by Crippen LogP contribution is 2.17. The summed E-state index contributed by atoms with van der Waals surface area (Å²) in [5.41, 5.74) is 0. The van der Waals surface area contributed by atoms with E-state index < -0.39 is 5.82 Å². The lowest BCUT2D eigenvalue weighted by atomic mass is 10.3. The van der Waals surface area contributed by atoms with Crippen LogP contribution < -0.4 is 4.90 Å². The van der Waals surface area contributed by atoms with Crippen LogP contribution in [0.5, 0.6) is 0 Å². The Kier molecular flexibility index (Phi) is 1.99. The number of hydrogen-bond acceptors (Lipinski definition) is 3. The number of anilines is 1. The third-order valence-electron chi connectivity index (χ3n) is 1.97. The van der Waals surface area contributed by atoms with Crippen molar-refractivity contribution in [2.45, 2.75) is 6.42 Å². The summed E-state index contributed by atoms with van der Waals surface area (Å²) in [5, 5.41) is 0. The van der Waals surface area contributed by atoms with Crippen molar-refractivity contribution in [3.8, 4) is 0 Å². The second-order valence-corrected chi connectivity index (χ2v) is 3.03. The third-order valence-corrected chi connectivity index (χ3v) is 1.97. The van der Waals surface area contributed by atoms with Crippen molar-refractivity contribution in [3.63, 3.8) is 0 Å². The van der Waals surface area contributed by atoms with Crippen molar-refractivity contribution < 1.29 is 14.0 Å². The molecule has 72 valence electrons. The normalized spacial score (nSPS) is 16.5. The Hall–Kier alpha value is -1.78. The largest absolute Gasteiger partial charge is 0.297 e. The molecule has 0 unspecified atom stereocenters. The van der Waals surface area contributed by atoms with Gasteiger partial charge in [0.15, 0.2) is 5.78 Å². The maximum atomic E-state index is 12.8. The molecule has 0 aromatic carbocycles. The SMILES string of the molecule is O=C1CC(=O)N(c2cc(F)ccn2)C1. The molecule has 1 aromatic heterocycles. The topological polar surface area (TPSA) is 50.3 Å². The smallest absolute Gasteiger partial charge is 0.236 e. The van der Waals surface area contributed by atoms with E-state index >= 15 is 0 Å². The summed E-state index contributed by atoms with van der Waals surface area (Å²) >= 11 is 0. The molecule has 14 heavy (non-hydrogen) atoms. The van der Waals surface area contributed by atoms with Crippen LogP contribution in [0.3, 0.4) is 0 Å². The molecule has 0 atom stereocenters. The van der Waals surface area contributed by atoms with Gasteiger partial charge in [0, 0.05) is 12.3 Å². The first kappa shape index (κ1) is 8.80. The van der Waals surface area contributed by atoms with Crippen molar-refractivity contribution in [3.05, 3.63) is 24.1 Å². The molecule has 0 radical (unpaired) electrons. The van der Waals surface area contributed by atoms with Gasteiger partial charge in [0.25, 0.3) is 0 Å². The third kappa shape index (κ3) is 1.48. The molecule has 4 nitrogen and oxygen atoms in total. The van der Waals surface area contributed by atoms with Crippen LogP contribution in [-0.2, 0) is 9.59 Å². The van der Waals surface area contributed by atoms with Crippen molar-refractivity contribution in [1.82, 2.24) is 4.98 Å². The number of amides is 1. The number of aromatic nitrogens is 1. The lowest BCUT2D eigenvalue weighted by Crippen LogP contribution is -2.25. The lowest BCUT2D eigenvalue weighted by Gasteiger charge is -2.12. The highest BCUT2D eigenvalue weighted by Gasteiger charge is 2.29. The minimum atomic E-state index is -0.470. The van der Waals surface area contributed by atoms with Gasteiger partial charge >= 0.3 is 0 Å². The minimum absolute atomic E-state index is 0.00468. The first-order valence-corrected chi connectivity index (χ1v) is 4.10. The van der Waals surface area contributed by atoms with Gasteiger partial charge in [-0.15, -0.1) is 0 Å². The Morgan fingerprint density at radius 1 is 1.43 bits per heavy atom. The molecule has 2 rings (SSSR count). The predicted octanol–water partition coefficient (Wildman–Crippen LogP) is 0.526. The number of carbonyl (C=O) groups is 2. The average molecular weight is 194 g/mol. The van der Waals surface area contributed by atoms with E-state index in [1.54, 1.807) is 0 Å². The number of ketones is 1. The van der Waals surface area contributed by atoms with Gasteiger partial charge in [0.2, 0.25) is 5.91 Å². The molecule has 1 aromatic rings. The monoisotopic (exact) mass is 194 g/mol. The first-order chi connectivity index (χ1) is 6.66. The Morgan fingerprint density at radius 2 is 2.21 bits per heavy atom. The molecule has 5 heteroatoms. The Labute approximate surface area is 79.4 Å². The summed E-state index contributed by atoms with van der Waals surface area (Å²) in [7, 11) is 0. The van der Waals surface area contributed by atoms with Crippen molar-refractivity contribution >= 4 is 17.5 Å². The van der Waals surface area contributed by atoms with E-state index in [2.05, 4.69) is 4.98 Å². The molecular formula is C9H7FN2O2. The van der Waals surface area contributed by atoms with Crippen LogP contribution in [0.15, 0.2) is 18.3 Å². The van der Waals surface area contributed by atoms with Crippen LogP contribution in [0.1, 0.15) is 6.42 Å². The van der Waals surface area contributed by atoms with E-state index in [0.717, 1.165) is 6.07 Å². The summed E-state index contributed by atoms with van der Waals surface area (Å²) in [6.45, 7) is -0.00468. The molecule has 0 saturated carbocycles. The van der Waals surface area contributed by atoms with Crippen LogP contribution in [0.2, 0.25) is 0 Å². The highest BCUT2D eigenvalue weighted by molar-refractivity contribution is 6.14. The molecule has 1 fully saturated rings. The summed E-state index contributed by atoms with van der Waals surface area (Å²) < 4.78 is 12.8. The molecule has 1 aliphatic heterocycles. The van der Waals surface area contributed by atoms with Gasteiger partial charge < -0.3 is 0 Å². The van der Waals surface area contributed by atoms with Gasteiger partial charge in [-0.05, 0) is 6.07 Å². The van der Waals surface area contributed by atoms with Crippen molar-refractivity contribution in [1.29, 1.82) is 0 Å².